The lowest BCUT2D eigenvalue weighted by Crippen LogP contribution is -2.37. The third-order valence-corrected chi connectivity index (χ3v) is 5.17. The molecule has 0 bridgehead atoms. The van der Waals surface area contributed by atoms with E-state index in [9.17, 15) is 4.79 Å². The molecule has 0 aliphatic carbocycles. The molecule has 5 heteroatoms. The van der Waals surface area contributed by atoms with Crippen molar-refractivity contribution < 1.29 is 14.3 Å². The fraction of sp³-hybridized carbons (Fsp3) is 0.350. The number of methoxy groups -OCH3 is 1. The van der Waals surface area contributed by atoms with Crippen LogP contribution in [0.4, 0.5) is 0 Å². The molecular formula is C20H23NO3S. The predicted molar refractivity (Wildman–Crippen MR) is 101 cm³/mol. The number of ether oxygens (including phenoxy) is 2. The average molecular weight is 357 g/mol. The maximum absolute atomic E-state index is 12.4. The molecule has 1 aliphatic rings. The van der Waals surface area contributed by atoms with Crippen LogP contribution in [0.15, 0.2) is 48.5 Å². The predicted octanol–water partition coefficient (Wildman–Crippen LogP) is 3.39. The molecule has 4 nitrogen and oxygen atoms in total. The van der Waals surface area contributed by atoms with Gasteiger partial charge in [0.05, 0.1) is 19.5 Å². The Labute approximate surface area is 153 Å². The number of hydrogen-bond donors (Lipinski definition) is 0. The van der Waals surface area contributed by atoms with Gasteiger partial charge in [0.2, 0.25) is 5.91 Å². The average Bonchev–Trinajstić information content (AvgIpc) is 2.67. The Kier molecular flexibility index (Phi) is 6.23. The van der Waals surface area contributed by atoms with Gasteiger partial charge in [-0.25, -0.2) is 0 Å². The molecule has 2 aromatic rings. The van der Waals surface area contributed by atoms with Crippen molar-refractivity contribution in [2.24, 2.45) is 0 Å². The standard InChI is InChI=1S/C20H23NO3S/c1-23-18-6-8-19(9-7-18)24-12-13-25-15-20(22)21-11-10-16-4-2-3-5-17(16)14-21/h2-9H,10-15H2,1H3. The van der Waals surface area contributed by atoms with E-state index in [1.165, 1.54) is 11.1 Å². The van der Waals surface area contributed by atoms with E-state index >= 15 is 0 Å². The molecule has 0 radical (unpaired) electrons. The number of thioether (sulfide) groups is 1. The molecule has 0 saturated heterocycles. The van der Waals surface area contributed by atoms with Crippen LogP contribution in [0.1, 0.15) is 11.1 Å². The summed E-state index contributed by atoms with van der Waals surface area (Å²) in [6.45, 7) is 2.14. The van der Waals surface area contributed by atoms with Crippen molar-refractivity contribution >= 4 is 17.7 Å². The highest BCUT2D eigenvalue weighted by Gasteiger charge is 2.19. The second-order valence-electron chi connectivity index (χ2n) is 5.91. The van der Waals surface area contributed by atoms with Gasteiger partial charge >= 0.3 is 0 Å². The van der Waals surface area contributed by atoms with Crippen LogP contribution in [0, 0.1) is 0 Å². The zero-order chi connectivity index (χ0) is 17.5. The van der Waals surface area contributed by atoms with Gasteiger partial charge in [-0.3, -0.25) is 4.79 Å². The Balaban J connectivity index is 1.35. The van der Waals surface area contributed by atoms with Gasteiger partial charge in [0.25, 0.3) is 0 Å². The van der Waals surface area contributed by atoms with Crippen LogP contribution in [-0.4, -0.2) is 42.6 Å². The van der Waals surface area contributed by atoms with E-state index in [0.717, 1.165) is 36.8 Å². The Bertz CT molecular complexity index is 702. The summed E-state index contributed by atoms with van der Waals surface area (Å²) < 4.78 is 10.8. The quantitative estimate of drug-likeness (QED) is 0.712. The minimum absolute atomic E-state index is 0.212. The van der Waals surface area contributed by atoms with Crippen LogP contribution in [0.3, 0.4) is 0 Å². The van der Waals surface area contributed by atoms with E-state index in [0.29, 0.717) is 12.4 Å². The Morgan fingerprint density at radius 1 is 1.08 bits per heavy atom. The first-order valence-electron chi connectivity index (χ1n) is 8.45. The van der Waals surface area contributed by atoms with Crippen LogP contribution in [0.2, 0.25) is 0 Å². The summed E-state index contributed by atoms with van der Waals surface area (Å²) in [6.07, 6.45) is 0.952. The zero-order valence-electron chi connectivity index (χ0n) is 14.4. The third kappa shape index (κ3) is 4.92. The van der Waals surface area contributed by atoms with E-state index in [1.54, 1.807) is 18.9 Å². The van der Waals surface area contributed by atoms with Crippen molar-refractivity contribution in [1.82, 2.24) is 4.90 Å². The van der Waals surface area contributed by atoms with Gasteiger partial charge in [-0.05, 0) is 41.8 Å². The Hall–Kier alpha value is -2.14. The molecule has 25 heavy (non-hydrogen) atoms. The lowest BCUT2D eigenvalue weighted by Gasteiger charge is -2.28. The van der Waals surface area contributed by atoms with Gasteiger partial charge < -0.3 is 14.4 Å². The zero-order valence-corrected chi connectivity index (χ0v) is 15.3. The van der Waals surface area contributed by atoms with E-state index < -0.39 is 0 Å². The lowest BCUT2D eigenvalue weighted by atomic mass is 10.00. The first-order chi connectivity index (χ1) is 12.3. The van der Waals surface area contributed by atoms with E-state index in [-0.39, 0.29) is 5.91 Å². The second-order valence-corrected chi connectivity index (χ2v) is 7.02. The molecule has 0 saturated carbocycles. The highest BCUT2D eigenvalue weighted by atomic mass is 32.2. The molecule has 0 fully saturated rings. The summed E-state index contributed by atoms with van der Waals surface area (Å²) in [4.78, 5) is 14.3. The van der Waals surface area contributed by atoms with Gasteiger partial charge in [0, 0.05) is 18.8 Å². The van der Waals surface area contributed by atoms with Gasteiger partial charge in [0.15, 0.2) is 0 Å². The van der Waals surface area contributed by atoms with Crippen LogP contribution in [-0.2, 0) is 17.8 Å². The fourth-order valence-corrected chi connectivity index (χ4v) is 3.55. The number of fused-ring (bicyclic) bond motifs is 1. The monoisotopic (exact) mass is 357 g/mol. The molecule has 0 atom stereocenters. The molecule has 3 rings (SSSR count). The minimum Gasteiger partial charge on any atom is -0.497 e. The molecule has 132 valence electrons. The minimum atomic E-state index is 0.212. The maximum atomic E-state index is 12.4. The van der Waals surface area contributed by atoms with Gasteiger partial charge in [0.1, 0.15) is 11.5 Å². The van der Waals surface area contributed by atoms with Crippen LogP contribution < -0.4 is 9.47 Å². The highest BCUT2D eigenvalue weighted by Crippen LogP contribution is 2.20. The second kappa shape index (κ2) is 8.81. The van der Waals surface area contributed by atoms with Crippen molar-refractivity contribution in [2.75, 3.05) is 31.8 Å². The molecule has 2 aromatic carbocycles. The van der Waals surface area contributed by atoms with Crippen molar-refractivity contribution in [1.29, 1.82) is 0 Å². The van der Waals surface area contributed by atoms with Crippen molar-refractivity contribution in [3.63, 3.8) is 0 Å². The SMILES string of the molecule is COc1ccc(OCCSCC(=O)N2CCc3ccccc3C2)cc1. The largest absolute Gasteiger partial charge is 0.497 e. The number of benzene rings is 2. The number of carbonyl (C=O) groups is 1. The summed E-state index contributed by atoms with van der Waals surface area (Å²) in [5.74, 6) is 3.15. The fourth-order valence-electron chi connectivity index (χ4n) is 2.85. The smallest absolute Gasteiger partial charge is 0.232 e. The molecular weight excluding hydrogens is 334 g/mol. The van der Waals surface area contributed by atoms with E-state index in [4.69, 9.17) is 9.47 Å². The summed E-state index contributed by atoms with van der Waals surface area (Å²) in [5, 5.41) is 0. The van der Waals surface area contributed by atoms with Crippen molar-refractivity contribution in [3.8, 4) is 11.5 Å². The van der Waals surface area contributed by atoms with Gasteiger partial charge in [-0.1, -0.05) is 24.3 Å². The van der Waals surface area contributed by atoms with Crippen LogP contribution in [0.5, 0.6) is 11.5 Å². The van der Waals surface area contributed by atoms with Crippen molar-refractivity contribution in [2.45, 2.75) is 13.0 Å². The molecule has 1 heterocycles. The summed E-state index contributed by atoms with van der Waals surface area (Å²) >= 11 is 1.62. The molecule has 1 aliphatic heterocycles. The first-order valence-corrected chi connectivity index (χ1v) is 9.61. The topological polar surface area (TPSA) is 38.8 Å². The molecule has 1 amide bonds. The van der Waals surface area contributed by atoms with Gasteiger partial charge in [-0.2, -0.15) is 0 Å². The van der Waals surface area contributed by atoms with Gasteiger partial charge in [-0.15, -0.1) is 11.8 Å². The Morgan fingerprint density at radius 3 is 2.56 bits per heavy atom. The normalized spacial score (nSPS) is 13.2. The van der Waals surface area contributed by atoms with Crippen molar-refractivity contribution in [3.05, 3.63) is 59.7 Å². The molecule has 0 spiro atoms. The molecule has 0 aromatic heterocycles. The van der Waals surface area contributed by atoms with Crippen LogP contribution in [0.25, 0.3) is 0 Å². The Morgan fingerprint density at radius 2 is 1.80 bits per heavy atom. The number of nitrogens with zero attached hydrogens (tertiary/aromatic N) is 1. The maximum Gasteiger partial charge on any atom is 0.232 e. The number of hydrogen-bond acceptors (Lipinski definition) is 4. The summed E-state index contributed by atoms with van der Waals surface area (Å²) in [5.41, 5.74) is 2.64. The molecule has 0 N–H and O–H groups in total. The molecule has 0 unspecified atom stereocenters. The van der Waals surface area contributed by atoms with E-state index in [2.05, 4.69) is 18.2 Å². The number of amides is 1. The number of rotatable bonds is 7. The number of carbonyl (C=O) groups excluding carboxylic acids is 1. The summed E-state index contributed by atoms with van der Waals surface area (Å²) in [7, 11) is 1.64. The van der Waals surface area contributed by atoms with E-state index in [1.807, 2.05) is 35.2 Å². The summed E-state index contributed by atoms with van der Waals surface area (Å²) in [6, 6.07) is 15.9. The van der Waals surface area contributed by atoms with Crippen LogP contribution >= 0.6 is 11.8 Å². The lowest BCUT2D eigenvalue weighted by molar-refractivity contribution is -0.129. The first kappa shape index (κ1) is 17.7. The highest BCUT2D eigenvalue weighted by molar-refractivity contribution is 7.99. The third-order valence-electron chi connectivity index (χ3n) is 4.26.